The van der Waals surface area contributed by atoms with E-state index in [1.807, 2.05) is 30.5 Å². The number of nitrogen functional groups attached to an aromatic ring is 1. The third-order valence-electron chi connectivity index (χ3n) is 2.59. The smallest absolute Gasteiger partial charge is 0.145 e. The van der Waals surface area contributed by atoms with Crippen LogP contribution in [0.3, 0.4) is 0 Å². The number of benzene rings is 1. The number of nitrogens with zero attached hydrogens (tertiary/aromatic N) is 3. The van der Waals surface area contributed by atoms with E-state index in [4.69, 9.17) is 5.73 Å². The molecule has 0 fully saturated rings. The van der Waals surface area contributed by atoms with Gasteiger partial charge in [-0.2, -0.15) is 10.2 Å². The van der Waals surface area contributed by atoms with Gasteiger partial charge in [-0.05, 0) is 33.6 Å². The Bertz CT molecular complexity index is 609. The van der Waals surface area contributed by atoms with Crippen molar-refractivity contribution in [2.75, 3.05) is 5.73 Å². The van der Waals surface area contributed by atoms with E-state index < -0.39 is 0 Å². The third kappa shape index (κ3) is 2.02. The Labute approximate surface area is 112 Å². The van der Waals surface area contributed by atoms with Crippen LogP contribution in [0, 0.1) is 0 Å². The predicted molar refractivity (Wildman–Crippen MR) is 73.3 cm³/mol. The Morgan fingerprint density at radius 3 is 2.56 bits per heavy atom. The van der Waals surface area contributed by atoms with E-state index in [-0.39, 0.29) is 0 Å². The van der Waals surface area contributed by atoms with Crippen LogP contribution < -0.4 is 5.73 Å². The van der Waals surface area contributed by atoms with Gasteiger partial charge in [0, 0.05) is 12.3 Å². The number of anilines is 1. The predicted octanol–water partition coefficient (Wildman–Crippen LogP) is 2.61. The molecule has 2 heterocycles. The van der Waals surface area contributed by atoms with Crippen LogP contribution in [0.25, 0.3) is 16.9 Å². The molecule has 90 valence electrons. The van der Waals surface area contributed by atoms with Gasteiger partial charge in [0.1, 0.15) is 5.82 Å². The summed E-state index contributed by atoms with van der Waals surface area (Å²) in [5.41, 5.74) is 8.51. The van der Waals surface area contributed by atoms with Gasteiger partial charge in [-0.15, -0.1) is 0 Å². The highest BCUT2D eigenvalue weighted by Gasteiger charge is 2.03. The van der Waals surface area contributed by atoms with Gasteiger partial charge < -0.3 is 5.73 Å². The molecule has 0 unspecified atom stereocenters. The Hall–Kier alpha value is -2.08. The van der Waals surface area contributed by atoms with E-state index in [1.54, 1.807) is 16.9 Å². The molecule has 3 rings (SSSR count). The summed E-state index contributed by atoms with van der Waals surface area (Å²) in [6.07, 6.45) is 3.66. The maximum absolute atomic E-state index is 5.58. The molecule has 6 heteroatoms. The summed E-state index contributed by atoms with van der Waals surface area (Å²) in [5, 5.41) is 11.0. The molecule has 1 aromatic carbocycles. The molecule has 0 saturated heterocycles. The standard InChI is InChI=1S/C12H10BrN5/c13-9-6-15-18(7-9)10-3-1-8(2-4-10)11-5-12(14)17-16-11/h1-7H,(H3,14,16,17). The van der Waals surface area contributed by atoms with Crippen LogP contribution in [-0.4, -0.2) is 20.0 Å². The van der Waals surface area contributed by atoms with Gasteiger partial charge in [0.15, 0.2) is 0 Å². The van der Waals surface area contributed by atoms with E-state index in [9.17, 15) is 0 Å². The van der Waals surface area contributed by atoms with E-state index >= 15 is 0 Å². The largest absolute Gasteiger partial charge is 0.382 e. The monoisotopic (exact) mass is 303 g/mol. The lowest BCUT2D eigenvalue weighted by Crippen LogP contribution is -1.93. The van der Waals surface area contributed by atoms with Crippen molar-refractivity contribution in [2.24, 2.45) is 0 Å². The fourth-order valence-electron chi connectivity index (χ4n) is 1.72. The van der Waals surface area contributed by atoms with Crippen molar-refractivity contribution in [1.29, 1.82) is 0 Å². The Balaban J connectivity index is 1.94. The van der Waals surface area contributed by atoms with Crippen LogP contribution >= 0.6 is 15.9 Å². The molecule has 0 radical (unpaired) electrons. The average Bonchev–Trinajstić information content (AvgIpc) is 2.98. The van der Waals surface area contributed by atoms with Gasteiger partial charge in [0.25, 0.3) is 0 Å². The summed E-state index contributed by atoms with van der Waals surface area (Å²) in [4.78, 5) is 0. The molecule has 0 aliphatic heterocycles. The number of halogens is 1. The zero-order chi connectivity index (χ0) is 12.5. The lowest BCUT2D eigenvalue weighted by molar-refractivity contribution is 0.880. The highest BCUT2D eigenvalue weighted by Crippen LogP contribution is 2.20. The van der Waals surface area contributed by atoms with Crippen molar-refractivity contribution >= 4 is 21.7 Å². The zero-order valence-electron chi connectivity index (χ0n) is 9.34. The summed E-state index contributed by atoms with van der Waals surface area (Å²) in [6.45, 7) is 0. The minimum Gasteiger partial charge on any atom is -0.382 e. The topological polar surface area (TPSA) is 72.5 Å². The van der Waals surface area contributed by atoms with Gasteiger partial charge in [0.2, 0.25) is 0 Å². The molecule has 0 bridgehead atoms. The van der Waals surface area contributed by atoms with Gasteiger partial charge in [-0.25, -0.2) is 4.68 Å². The molecule has 0 saturated carbocycles. The molecule has 3 aromatic rings. The van der Waals surface area contributed by atoms with Gasteiger partial charge in [0.05, 0.1) is 22.1 Å². The quantitative estimate of drug-likeness (QED) is 0.764. The zero-order valence-corrected chi connectivity index (χ0v) is 10.9. The highest BCUT2D eigenvalue weighted by atomic mass is 79.9. The Morgan fingerprint density at radius 2 is 2.00 bits per heavy atom. The molecular formula is C12H10BrN5. The number of aromatic amines is 1. The highest BCUT2D eigenvalue weighted by molar-refractivity contribution is 9.10. The first kappa shape index (κ1) is 11.0. The Kier molecular flexibility index (Phi) is 2.64. The van der Waals surface area contributed by atoms with Crippen molar-refractivity contribution in [3.63, 3.8) is 0 Å². The summed E-state index contributed by atoms with van der Waals surface area (Å²) in [6, 6.07) is 9.78. The Morgan fingerprint density at radius 1 is 1.22 bits per heavy atom. The van der Waals surface area contributed by atoms with Gasteiger partial charge in [-0.3, -0.25) is 5.10 Å². The van der Waals surface area contributed by atoms with Crippen molar-refractivity contribution in [3.05, 3.63) is 47.2 Å². The second kappa shape index (κ2) is 4.30. The minimum atomic E-state index is 0.491. The number of nitrogens with two attached hydrogens (primary N) is 1. The molecule has 0 atom stereocenters. The number of hydrogen-bond donors (Lipinski definition) is 2. The normalized spacial score (nSPS) is 10.7. The molecule has 18 heavy (non-hydrogen) atoms. The van der Waals surface area contributed by atoms with E-state index in [0.717, 1.165) is 21.4 Å². The van der Waals surface area contributed by atoms with Crippen LogP contribution in [0.2, 0.25) is 0 Å². The number of nitrogens with one attached hydrogen (secondary N) is 1. The fourth-order valence-corrected chi connectivity index (χ4v) is 2.01. The first-order valence-electron chi connectivity index (χ1n) is 5.34. The van der Waals surface area contributed by atoms with Crippen LogP contribution in [0.5, 0.6) is 0 Å². The molecule has 0 aliphatic carbocycles. The number of rotatable bonds is 2. The van der Waals surface area contributed by atoms with Crippen LogP contribution in [-0.2, 0) is 0 Å². The lowest BCUT2D eigenvalue weighted by atomic mass is 10.1. The molecule has 0 amide bonds. The molecular weight excluding hydrogens is 294 g/mol. The number of hydrogen-bond acceptors (Lipinski definition) is 3. The first-order chi connectivity index (χ1) is 8.72. The van der Waals surface area contributed by atoms with Crippen molar-refractivity contribution in [1.82, 2.24) is 20.0 Å². The van der Waals surface area contributed by atoms with Crippen molar-refractivity contribution in [3.8, 4) is 16.9 Å². The van der Waals surface area contributed by atoms with E-state index in [1.165, 1.54) is 0 Å². The second-order valence-electron chi connectivity index (χ2n) is 3.86. The summed E-state index contributed by atoms with van der Waals surface area (Å²) in [7, 11) is 0. The van der Waals surface area contributed by atoms with Gasteiger partial charge >= 0.3 is 0 Å². The summed E-state index contributed by atoms with van der Waals surface area (Å²) < 4.78 is 2.75. The summed E-state index contributed by atoms with van der Waals surface area (Å²) >= 11 is 3.37. The van der Waals surface area contributed by atoms with Crippen LogP contribution in [0.15, 0.2) is 47.2 Å². The fraction of sp³-hybridized carbons (Fsp3) is 0. The third-order valence-corrected chi connectivity index (χ3v) is 3.00. The SMILES string of the molecule is Nc1cc(-c2ccc(-n3cc(Br)cn3)cc2)[nH]n1. The second-order valence-corrected chi connectivity index (χ2v) is 4.77. The van der Waals surface area contributed by atoms with Crippen molar-refractivity contribution < 1.29 is 0 Å². The van der Waals surface area contributed by atoms with Gasteiger partial charge in [-0.1, -0.05) is 12.1 Å². The minimum absolute atomic E-state index is 0.491. The van der Waals surface area contributed by atoms with Crippen LogP contribution in [0.1, 0.15) is 0 Å². The molecule has 0 aliphatic rings. The van der Waals surface area contributed by atoms with E-state index in [2.05, 4.69) is 31.2 Å². The van der Waals surface area contributed by atoms with Crippen molar-refractivity contribution in [2.45, 2.75) is 0 Å². The maximum atomic E-state index is 5.58. The molecule has 2 aromatic heterocycles. The maximum Gasteiger partial charge on any atom is 0.145 e. The summed E-state index contributed by atoms with van der Waals surface area (Å²) in [5.74, 6) is 0.491. The lowest BCUT2D eigenvalue weighted by Gasteiger charge is -2.02. The average molecular weight is 304 g/mol. The molecule has 3 N–H and O–H groups in total. The number of H-pyrrole nitrogens is 1. The molecule has 5 nitrogen and oxygen atoms in total. The molecule has 0 spiro atoms. The first-order valence-corrected chi connectivity index (χ1v) is 6.13. The number of aromatic nitrogens is 4. The van der Waals surface area contributed by atoms with E-state index in [0.29, 0.717) is 5.82 Å². The van der Waals surface area contributed by atoms with Crippen LogP contribution in [0.4, 0.5) is 5.82 Å².